The van der Waals surface area contributed by atoms with Crippen LogP contribution in [0.2, 0.25) is 0 Å². The molecule has 0 fully saturated rings. The minimum absolute atomic E-state index is 0.563. The second kappa shape index (κ2) is 3.46. The van der Waals surface area contributed by atoms with Gasteiger partial charge in [0, 0.05) is 27.9 Å². The van der Waals surface area contributed by atoms with Crippen molar-refractivity contribution in [1.82, 2.24) is 4.98 Å². The Bertz CT molecular complexity index is 403. The Kier molecular flexibility index (Phi) is 2.71. The summed E-state index contributed by atoms with van der Waals surface area (Å²) in [5.74, 6) is 0.563. The van der Waals surface area contributed by atoms with Crippen molar-refractivity contribution in [3.63, 3.8) is 0 Å². The SMILES string of the molecule is Cc1cc(C)nc(N=S(C)(C)=O)c1. The monoisotopic (exact) mass is 198 g/mol. The molecule has 72 valence electrons. The largest absolute Gasteiger partial charge is 0.250 e. The summed E-state index contributed by atoms with van der Waals surface area (Å²) in [6.45, 7) is 3.87. The molecule has 0 aliphatic rings. The maximum Gasteiger partial charge on any atom is 0.162 e. The number of rotatable bonds is 1. The molecule has 0 unspecified atom stereocenters. The zero-order chi connectivity index (χ0) is 10.1. The normalized spacial score (nSPS) is 11.4. The average molecular weight is 198 g/mol. The van der Waals surface area contributed by atoms with E-state index in [1.165, 1.54) is 0 Å². The minimum Gasteiger partial charge on any atom is -0.250 e. The predicted molar refractivity (Wildman–Crippen MR) is 55.8 cm³/mol. The standard InChI is InChI=1S/C9H14N2OS/c1-7-5-8(2)10-9(6-7)11-13(3,4)12/h5-6H,1-4H3. The Labute approximate surface area is 79.4 Å². The summed E-state index contributed by atoms with van der Waals surface area (Å²) in [6, 6.07) is 3.80. The van der Waals surface area contributed by atoms with Crippen LogP contribution >= 0.6 is 0 Å². The third-order valence-electron chi connectivity index (χ3n) is 1.40. The van der Waals surface area contributed by atoms with E-state index in [1.807, 2.05) is 26.0 Å². The molecule has 3 nitrogen and oxygen atoms in total. The van der Waals surface area contributed by atoms with Gasteiger partial charge in [0.1, 0.15) is 0 Å². The molecular weight excluding hydrogens is 184 g/mol. The van der Waals surface area contributed by atoms with E-state index in [1.54, 1.807) is 12.5 Å². The van der Waals surface area contributed by atoms with E-state index in [4.69, 9.17) is 0 Å². The number of hydrogen-bond acceptors (Lipinski definition) is 3. The lowest BCUT2D eigenvalue weighted by atomic mass is 10.2. The Hall–Kier alpha value is -0.900. The van der Waals surface area contributed by atoms with E-state index < -0.39 is 9.73 Å². The van der Waals surface area contributed by atoms with E-state index in [9.17, 15) is 4.21 Å². The zero-order valence-corrected chi connectivity index (χ0v) is 9.18. The molecule has 0 aromatic carbocycles. The van der Waals surface area contributed by atoms with Gasteiger partial charge in [-0.1, -0.05) is 0 Å². The van der Waals surface area contributed by atoms with Crippen molar-refractivity contribution in [3.05, 3.63) is 23.4 Å². The third kappa shape index (κ3) is 3.55. The molecule has 0 saturated carbocycles. The van der Waals surface area contributed by atoms with Gasteiger partial charge in [0.15, 0.2) is 5.82 Å². The van der Waals surface area contributed by atoms with Crippen molar-refractivity contribution < 1.29 is 4.21 Å². The number of aryl methyl sites for hydroxylation is 2. The molecule has 0 atom stereocenters. The van der Waals surface area contributed by atoms with Crippen molar-refractivity contribution in [1.29, 1.82) is 0 Å². The van der Waals surface area contributed by atoms with Crippen molar-refractivity contribution in [2.24, 2.45) is 4.36 Å². The van der Waals surface area contributed by atoms with Crippen LogP contribution < -0.4 is 0 Å². The van der Waals surface area contributed by atoms with Crippen LogP contribution in [0.5, 0.6) is 0 Å². The highest BCUT2D eigenvalue weighted by Gasteiger charge is 1.97. The second-order valence-electron chi connectivity index (χ2n) is 3.42. The lowest BCUT2D eigenvalue weighted by Gasteiger charge is -1.99. The Morgan fingerprint density at radius 1 is 1.31 bits per heavy atom. The molecule has 1 rings (SSSR count). The molecular formula is C9H14N2OS. The summed E-state index contributed by atoms with van der Waals surface area (Å²) in [6.07, 6.45) is 3.21. The Morgan fingerprint density at radius 2 is 1.92 bits per heavy atom. The quantitative estimate of drug-likeness (QED) is 0.693. The molecule has 13 heavy (non-hydrogen) atoms. The van der Waals surface area contributed by atoms with Crippen molar-refractivity contribution in [2.45, 2.75) is 13.8 Å². The van der Waals surface area contributed by atoms with Crippen molar-refractivity contribution in [3.8, 4) is 0 Å². The number of pyridine rings is 1. The summed E-state index contributed by atoms with van der Waals surface area (Å²) in [5, 5.41) is 0. The summed E-state index contributed by atoms with van der Waals surface area (Å²) < 4.78 is 15.4. The van der Waals surface area contributed by atoms with Crippen LogP contribution in [0, 0.1) is 13.8 Å². The second-order valence-corrected chi connectivity index (χ2v) is 5.96. The molecule has 0 aliphatic heterocycles. The van der Waals surface area contributed by atoms with Crippen LogP contribution in [-0.2, 0) is 9.73 Å². The van der Waals surface area contributed by atoms with Crippen LogP contribution in [0.1, 0.15) is 11.3 Å². The number of aromatic nitrogens is 1. The van der Waals surface area contributed by atoms with E-state index in [2.05, 4.69) is 9.35 Å². The molecule has 0 radical (unpaired) electrons. The maximum atomic E-state index is 11.4. The van der Waals surface area contributed by atoms with Gasteiger partial charge < -0.3 is 0 Å². The van der Waals surface area contributed by atoms with E-state index in [0.29, 0.717) is 5.82 Å². The smallest absolute Gasteiger partial charge is 0.162 e. The summed E-state index contributed by atoms with van der Waals surface area (Å²) in [7, 11) is -2.10. The van der Waals surface area contributed by atoms with Crippen molar-refractivity contribution in [2.75, 3.05) is 12.5 Å². The summed E-state index contributed by atoms with van der Waals surface area (Å²) in [5.41, 5.74) is 2.00. The molecule has 0 bridgehead atoms. The van der Waals surface area contributed by atoms with E-state index in [0.717, 1.165) is 11.3 Å². The van der Waals surface area contributed by atoms with Crippen LogP contribution in [0.4, 0.5) is 5.82 Å². The Morgan fingerprint density at radius 3 is 2.38 bits per heavy atom. The van der Waals surface area contributed by atoms with Gasteiger partial charge in [-0.3, -0.25) is 0 Å². The predicted octanol–water partition coefficient (Wildman–Crippen LogP) is 2.06. The van der Waals surface area contributed by atoms with Gasteiger partial charge in [0.05, 0.1) is 0 Å². The molecule has 1 aromatic rings. The van der Waals surface area contributed by atoms with Gasteiger partial charge in [0.25, 0.3) is 0 Å². The number of hydrogen-bond donors (Lipinski definition) is 0. The van der Waals surface area contributed by atoms with Crippen LogP contribution in [-0.4, -0.2) is 21.7 Å². The highest BCUT2D eigenvalue weighted by molar-refractivity contribution is 7.92. The molecule has 0 saturated heterocycles. The molecule has 1 heterocycles. The first kappa shape index (κ1) is 10.2. The molecule has 1 aromatic heterocycles. The van der Waals surface area contributed by atoms with Gasteiger partial charge in [-0.15, -0.1) is 0 Å². The van der Waals surface area contributed by atoms with Gasteiger partial charge >= 0.3 is 0 Å². The lowest BCUT2D eigenvalue weighted by Crippen LogP contribution is -1.91. The molecule has 4 heteroatoms. The van der Waals surface area contributed by atoms with Gasteiger partial charge in [-0.25, -0.2) is 9.19 Å². The minimum atomic E-state index is -2.10. The topological polar surface area (TPSA) is 42.3 Å². The van der Waals surface area contributed by atoms with Crippen LogP contribution in [0.25, 0.3) is 0 Å². The molecule has 0 spiro atoms. The fraction of sp³-hybridized carbons (Fsp3) is 0.444. The van der Waals surface area contributed by atoms with E-state index in [-0.39, 0.29) is 0 Å². The summed E-state index contributed by atoms with van der Waals surface area (Å²) in [4.78, 5) is 4.17. The van der Waals surface area contributed by atoms with Crippen LogP contribution in [0.3, 0.4) is 0 Å². The third-order valence-corrected chi connectivity index (χ3v) is 2.02. The fourth-order valence-electron chi connectivity index (χ4n) is 1.09. The van der Waals surface area contributed by atoms with Gasteiger partial charge in [-0.2, -0.15) is 4.36 Å². The maximum absolute atomic E-state index is 11.4. The number of nitrogens with zero attached hydrogens (tertiary/aromatic N) is 2. The average Bonchev–Trinajstić information content (AvgIpc) is 1.78. The highest BCUT2D eigenvalue weighted by atomic mass is 32.2. The summed E-state index contributed by atoms with van der Waals surface area (Å²) >= 11 is 0. The zero-order valence-electron chi connectivity index (χ0n) is 8.37. The molecule has 0 aliphatic carbocycles. The molecule has 0 N–H and O–H groups in total. The van der Waals surface area contributed by atoms with E-state index >= 15 is 0 Å². The van der Waals surface area contributed by atoms with Crippen LogP contribution in [0.15, 0.2) is 16.5 Å². The highest BCUT2D eigenvalue weighted by Crippen LogP contribution is 2.13. The first-order valence-corrected chi connectivity index (χ1v) is 6.32. The van der Waals surface area contributed by atoms with Gasteiger partial charge in [-0.05, 0) is 31.5 Å². The first-order chi connectivity index (χ1) is 5.87. The fourth-order valence-corrected chi connectivity index (χ4v) is 1.64. The molecule has 0 amide bonds. The first-order valence-electron chi connectivity index (χ1n) is 3.99. The van der Waals surface area contributed by atoms with Crippen molar-refractivity contribution >= 4 is 15.5 Å². The Balaban J connectivity index is 3.25. The lowest BCUT2D eigenvalue weighted by molar-refractivity contribution is 0.684. The van der Waals surface area contributed by atoms with Gasteiger partial charge in [0.2, 0.25) is 0 Å².